The van der Waals surface area contributed by atoms with E-state index >= 15 is 0 Å². The summed E-state index contributed by atoms with van der Waals surface area (Å²) in [6.07, 6.45) is 0.620. The van der Waals surface area contributed by atoms with Gasteiger partial charge in [0.15, 0.2) is 0 Å². The molecular formula is C19H40O11Si8. The maximum absolute atomic E-state index is 13.4. The topological polar surface area (TPSA) is 117 Å². The van der Waals surface area contributed by atoms with Crippen LogP contribution in [0, 0.1) is 0 Å². The van der Waals surface area contributed by atoms with Crippen LogP contribution >= 0.6 is 0 Å². The summed E-state index contributed by atoms with van der Waals surface area (Å²) in [4.78, 5) is 26.0. The van der Waals surface area contributed by atoms with E-state index in [1.165, 1.54) is 0 Å². The van der Waals surface area contributed by atoms with Crippen molar-refractivity contribution in [1.29, 1.82) is 0 Å². The summed E-state index contributed by atoms with van der Waals surface area (Å²) >= 11 is 0. The van der Waals surface area contributed by atoms with Crippen LogP contribution in [0.1, 0.15) is 27.1 Å². The van der Waals surface area contributed by atoms with E-state index in [1.54, 1.807) is 30.8 Å². The van der Waals surface area contributed by atoms with E-state index < -0.39 is 78.8 Å². The lowest BCUT2D eigenvalue weighted by Gasteiger charge is -2.37. The molecule has 0 radical (unpaired) electrons. The van der Waals surface area contributed by atoms with Crippen molar-refractivity contribution in [3.8, 4) is 0 Å². The Hall–Kier alpha value is -0.225. The van der Waals surface area contributed by atoms with Gasteiger partial charge < -0.3 is 37.7 Å². The highest BCUT2D eigenvalue weighted by Gasteiger charge is 2.47. The van der Waals surface area contributed by atoms with Crippen LogP contribution in [0.25, 0.3) is 0 Å². The fourth-order valence-corrected chi connectivity index (χ4v) is 33.1. The van der Waals surface area contributed by atoms with Gasteiger partial charge in [0.25, 0.3) is 37.1 Å². The van der Waals surface area contributed by atoms with E-state index in [-0.39, 0.29) is 12.0 Å². The van der Waals surface area contributed by atoms with E-state index in [2.05, 4.69) is 0 Å². The first-order valence-corrected chi connectivity index (χ1v) is 30.4. The number of benzene rings is 1. The molecule has 2 heterocycles. The summed E-state index contributed by atoms with van der Waals surface area (Å²) in [6.45, 7) is 15.7. The molecule has 1 aromatic carbocycles. The summed E-state index contributed by atoms with van der Waals surface area (Å²) < 4.78 is 54.0. The number of ether oxygens (including phenoxy) is 1. The van der Waals surface area contributed by atoms with E-state index in [4.69, 9.17) is 37.7 Å². The molecule has 0 aromatic heterocycles. The van der Waals surface area contributed by atoms with Gasteiger partial charge in [-0.15, -0.1) is 0 Å². The molecule has 19 heteroatoms. The molecular weight excluding hydrogens is 629 g/mol. The van der Waals surface area contributed by atoms with Crippen LogP contribution < -0.4 is 0 Å². The SMILES string of the molecule is C[SiH]1O[SiH](C)O[Si](C)(CCCOC(=O)c2ccc(C(=O)[Si]3(C)O[SiH](C)O[SiH](C)O[SiH](C)O3)cc2)O[SiH](C)O1. The minimum absolute atomic E-state index is 0.197. The van der Waals surface area contributed by atoms with Gasteiger partial charge in [0.1, 0.15) is 0 Å². The molecule has 4 atom stereocenters. The van der Waals surface area contributed by atoms with Crippen LogP contribution in [0.4, 0.5) is 0 Å². The summed E-state index contributed by atoms with van der Waals surface area (Å²) in [7, 11) is -16.9. The third-order valence-corrected chi connectivity index (χ3v) is 33.5. The van der Waals surface area contributed by atoms with E-state index in [1.807, 2.05) is 45.8 Å². The van der Waals surface area contributed by atoms with Crippen LogP contribution in [0.2, 0.25) is 58.4 Å². The molecule has 2 saturated heterocycles. The molecule has 3 rings (SSSR count). The molecule has 0 spiro atoms. The van der Waals surface area contributed by atoms with Crippen molar-refractivity contribution < 1.29 is 47.2 Å². The van der Waals surface area contributed by atoms with Gasteiger partial charge in [-0.3, -0.25) is 4.79 Å². The van der Waals surface area contributed by atoms with E-state index in [0.29, 0.717) is 23.6 Å². The fourth-order valence-electron chi connectivity index (χ4n) is 4.53. The normalized spacial score (nSPS) is 36.8. The highest BCUT2D eigenvalue weighted by molar-refractivity contribution is 7.03. The molecule has 4 unspecified atom stereocenters. The summed E-state index contributed by atoms with van der Waals surface area (Å²) in [5, 5.41) is -0.197. The first-order chi connectivity index (χ1) is 17.8. The van der Waals surface area contributed by atoms with Gasteiger partial charge in [-0.05, 0) is 77.0 Å². The Kier molecular flexibility index (Phi) is 12.0. The Bertz CT molecular complexity index is 929. The predicted molar refractivity (Wildman–Crippen MR) is 160 cm³/mol. The van der Waals surface area contributed by atoms with Gasteiger partial charge in [-0.25, -0.2) is 4.79 Å². The third-order valence-electron chi connectivity index (χ3n) is 5.95. The van der Waals surface area contributed by atoms with Crippen molar-refractivity contribution in [3.63, 3.8) is 0 Å². The lowest BCUT2D eigenvalue weighted by atomic mass is 10.1. The lowest BCUT2D eigenvalue weighted by Crippen LogP contribution is -2.57. The molecule has 2 fully saturated rings. The van der Waals surface area contributed by atoms with Crippen molar-refractivity contribution in [3.05, 3.63) is 35.4 Å². The van der Waals surface area contributed by atoms with Gasteiger partial charge in [0.05, 0.1) is 12.2 Å². The Morgan fingerprint density at radius 1 is 0.684 bits per heavy atom. The Morgan fingerprint density at radius 2 is 1.11 bits per heavy atom. The van der Waals surface area contributed by atoms with Gasteiger partial charge >= 0.3 is 41.7 Å². The Morgan fingerprint density at radius 3 is 1.58 bits per heavy atom. The minimum atomic E-state index is -3.22. The largest absolute Gasteiger partial charge is 0.462 e. The second-order valence-electron chi connectivity index (χ2n) is 9.65. The standard InChI is InChI=1S/C19H40O11Si8/c1-31-23-33(3)27-37(7,28-34(4)24-31)15-9-14-22-18(20)16-10-12-17(13-11-16)19(21)38(8)29-35(5)25-32(2)26-36(6)30-38/h10-13,31-36H,9,14-15H2,1-8H3. The zero-order chi connectivity index (χ0) is 28.1. The molecule has 11 nitrogen and oxygen atoms in total. The fraction of sp³-hybridized carbons (Fsp3) is 0.579. The molecule has 2 aliphatic heterocycles. The average molecular weight is 669 g/mol. The van der Waals surface area contributed by atoms with Gasteiger partial charge in [-0.1, -0.05) is 12.1 Å². The van der Waals surface area contributed by atoms with Crippen molar-refractivity contribution in [1.82, 2.24) is 0 Å². The highest BCUT2D eigenvalue weighted by atomic mass is 28.5. The Labute approximate surface area is 237 Å². The smallest absolute Gasteiger partial charge is 0.395 e. The zero-order valence-electron chi connectivity index (χ0n) is 23.4. The number of hydrogen-bond acceptors (Lipinski definition) is 11. The molecule has 0 saturated carbocycles. The second-order valence-corrected chi connectivity index (χ2v) is 29.7. The van der Waals surface area contributed by atoms with Crippen LogP contribution in [0.3, 0.4) is 0 Å². The van der Waals surface area contributed by atoms with Crippen molar-refractivity contribution >= 4 is 84.2 Å². The lowest BCUT2D eigenvalue weighted by molar-refractivity contribution is 0.0502. The Balaban J connectivity index is 1.53. The average Bonchev–Trinajstić information content (AvgIpc) is 2.78. The molecule has 38 heavy (non-hydrogen) atoms. The second kappa shape index (κ2) is 14.1. The number of esters is 1. The maximum atomic E-state index is 13.4. The van der Waals surface area contributed by atoms with Crippen molar-refractivity contribution in [2.45, 2.75) is 64.8 Å². The maximum Gasteiger partial charge on any atom is 0.395 e. The van der Waals surface area contributed by atoms with Gasteiger partial charge in [-0.2, -0.15) is 0 Å². The zero-order valence-corrected chi connectivity index (χ0v) is 32.3. The van der Waals surface area contributed by atoms with Gasteiger partial charge in [0, 0.05) is 5.56 Å². The number of carbonyl (C=O) groups excluding carboxylic acids is 2. The van der Waals surface area contributed by atoms with Crippen LogP contribution in [0.15, 0.2) is 24.3 Å². The first-order valence-electron chi connectivity index (χ1n) is 12.9. The summed E-state index contributed by atoms with van der Waals surface area (Å²) in [6, 6.07) is 7.11. The van der Waals surface area contributed by atoms with E-state index in [0.717, 1.165) is 0 Å². The number of rotatable bonds is 7. The van der Waals surface area contributed by atoms with Crippen molar-refractivity contribution in [2.75, 3.05) is 6.61 Å². The van der Waals surface area contributed by atoms with Crippen LogP contribution in [-0.2, 0) is 37.7 Å². The number of carbonyl (C=O) groups is 2. The first kappa shape index (κ1) is 32.3. The molecule has 214 valence electrons. The molecule has 0 bridgehead atoms. The molecule has 2 aliphatic rings. The van der Waals surface area contributed by atoms with E-state index in [9.17, 15) is 9.59 Å². The van der Waals surface area contributed by atoms with Crippen LogP contribution in [0.5, 0.6) is 0 Å². The summed E-state index contributed by atoms with van der Waals surface area (Å²) in [5.41, 5.74) is 0.800. The molecule has 0 N–H and O–H groups in total. The molecule has 1 aromatic rings. The molecule has 0 aliphatic carbocycles. The monoisotopic (exact) mass is 668 g/mol. The van der Waals surface area contributed by atoms with Crippen molar-refractivity contribution in [2.24, 2.45) is 0 Å². The number of hydrogen-bond donors (Lipinski definition) is 0. The highest BCUT2D eigenvalue weighted by Crippen LogP contribution is 2.23. The van der Waals surface area contributed by atoms with Gasteiger partial charge in [0.2, 0.25) is 5.41 Å². The quantitative estimate of drug-likeness (QED) is 0.238. The minimum Gasteiger partial charge on any atom is -0.462 e. The molecule has 0 amide bonds. The van der Waals surface area contributed by atoms with Crippen LogP contribution in [-0.4, -0.2) is 90.8 Å². The summed E-state index contributed by atoms with van der Waals surface area (Å²) in [5.74, 6) is -0.447. The predicted octanol–water partition coefficient (Wildman–Crippen LogP) is 1.36. The third kappa shape index (κ3) is 9.42.